The van der Waals surface area contributed by atoms with Crippen LogP contribution >= 0.6 is 11.6 Å². The van der Waals surface area contributed by atoms with Crippen LogP contribution in [0.3, 0.4) is 0 Å². The molecule has 0 bridgehead atoms. The van der Waals surface area contributed by atoms with Crippen LogP contribution in [0.15, 0.2) is 47.4 Å². The topological polar surface area (TPSA) is 52.7 Å². The summed E-state index contributed by atoms with van der Waals surface area (Å²) >= 11 is 5.85. The molecular weight excluding hydrogens is 382 g/mol. The molecule has 2 aromatic rings. The molecule has 0 spiro atoms. The minimum Gasteiger partial charge on any atom is -0.374 e. The third-order valence-electron chi connectivity index (χ3n) is 5.05. The molecule has 0 amide bonds. The number of sulfonamides is 1. The summed E-state index contributed by atoms with van der Waals surface area (Å²) in [5.41, 5.74) is 3.71. The number of halogens is 1. The first-order valence-electron chi connectivity index (χ1n) is 9.03. The van der Waals surface area contributed by atoms with E-state index in [1.165, 1.54) is 23.4 Å². The van der Waals surface area contributed by atoms with Gasteiger partial charge in [-0.25, -0.2) is 13.1 Å². The molecule has 3 rings (SSSR count). The van der Waals surface area contributed by atoms with Crippen LogP contribution in [0, 0.1) is 0 Å². The van der Waals surface area contributed by atoms with Crippen molar-refractivity contribution in [1.82, 2.24) is 9.62 Å². The van der Waals surface area contributed by atoms with Gasteiger partial charge in [0.1, 0.15) is 0 Å². The summed E-state index contributed by atoms with van der Waals surface area (Å²) in [5.74, 6) is 0. The molecule has 2 aromatic carbocycles. The molecule has 0 fully saturated rings. The van der Waals surface area contributed by atoms with Crippen molar-refractivity contribution in [2.24, 2.45) is 0 Å². The van der Waals surface area contributed by atoms with Crippen LogP contribution in [0.4, 0.5) is 5.69 Å². The lowest BCUT2D eigenvalue weighted by molar-refractivity contribution is 0.299. The number of likely N-dealkylation sites (N-methyl/N-ethyl adjacent to an activating group) is 1. The van der Waals surface area contributed by atoms with Gasteiger partial charge in [0.2, 0.25) is 10.0 Å². The van der Waals surface area contributed by atoms with Gasteiger partial charge in [-0.05, 0) is 68.4 Å². The average molecular weight is 408 g/mol. The number of benzene rings is 2. The normalized spacial score (nSPS) is 15.7. The van der Waals surface area contributed by atoms with Crippen LogP contribution in [-0.4, -0.2) is 47.6 Å². The highest BCUT2D eigenvalue weighted by Gasteiger charge is 2.22. The maximum Gasteiger partial charge on any atom is 0.240 e. The van der Waals surface area contributed by atoms with Crippen molar-refractivity contribution in [1.29, 1.82) is 0 Å². The summed E-state index contributed by atoms with van der Waals surface area (Å²) in [6, 6.07) is 12.6. The van der Waals surface area contributed by atoms with Crippen LogP contribution in [0.2, 0.25) is 5.02 Å². The molecule has 0 saturated carbocycles. The third-order valence-corrected chi connectivity index (χ3v) is 6.74. The molecule has 0 aliphatic carbocycles. The number of nitrogens with zero attached hydrogens (tertiary/aromatic N) is 2. The molecule has 7 heteroatoms. The second-order valence-electron chi connectivity index (χ2n) is 7.20. The van der Waals surface area contributed by atoms with E-state index in [0.717, 1.165) is 24.9 Å². The fourth-order valence-electron chi connectivity index (χ4n) is 3.50. The lowest BCUT2D eigenvalue weighted by Gasteiger charge is -2.30. The average Bonchev–Trinajstić information content (AvgIpc) is 2.62. The number of rotatable bonds is 6. The van der Waals surface area contributed by atoms with Crippen molar-refractivity contribution in [3.63, 3.8) is 0 Å². The number of hydrogen-bond acceptors (Lipinski definition) is 4. The van der Waals surface area contributed by atoms with E-state index in [9.17, 15) is 8.42 Å². The van der Waals surface area contributed by atoms with Gasteiger partial charge < -0.3 is 9.80 Å². The molecule has 1 N–H and O–H groups in total. The van der Waals surface area contributed by atoms with Gasteiger partial charge in [-0.15, -0.1) is 0 Å². The number of nitrogens with one attached hydrogen (secondary N) is 1. The molecule has 0 unspecified atom stereocenters. The van der Waals surface area contributed by atoms with Gasteiger partial charge in [-0.3, -0.25) is 0 Å². The fraction of sp³-hybridized carbons (Fsp3) is 0.400. The van der Waals surface area contributed by atoms with Gasteiger partial charge in [-0.2, -0.15) is 0 Å². The minimum absolute atomic E-state index is 0.0513. The van der Waals surface area contributed by atoms with Gasteiger partial charge in [0.15, 0.2) is 0 Å². The Morgan fingerprint density at radius 3 is 2.56 bits per heavy atom. The zero-order chi connectivity index (χ0) is 19.6. The maximum atomic E-state index is 12.6. The van der Waals surface area contributed by atoms with E-state index in [-0.39, 0.29) is 10.9 Å². The fourth-order valence-corrected chi connectivity index (χ4v) is 4.66. The lowest BCUT2D eigenvalue weighted by Crippen LogP contribution is -2.34. The zero-order valence-electron chi connectivity index (χ0n) is 15.9. The summed E-state index contributed by atoms with van der Waals surface area (Å²) in [5, 5.41) is 0.513. The predicted molar refractivity (Wildman–Crippen MR) is 111 cm³/mol. The highest BCUT2D eigenvalue weighted by atomic mass is 35.5. The SMILES string of the molecule is CN1CCCc2cc([C@@H](CNS(=O)(=O)c3ccc(Cl)cc3)N(C)C)ccc21. The summed E-state index contributed by atoms with van der Waals surface area (Å²) < 4.78 is 27.9. The quantitative estimate of drug-likeness (QED) is 0.798. The molecular formula is C20H26ClN3O2S. The van der Waals surface area contributed by atoms with Crippen LogP contribution in [0.1, 0.15) is 23.6 Å². The van der Waals surface area contributed by atoms with Crippen molar-refractivity contribution < 1.29 is 8.42 Å². The predicted octanol–water partition coefficient (Wildman–Crippen LogP) is 3.30. The molecule has 0 radical (unpaired) electrons. The molecule has 27 heavy (non-hydrogen) atoms. The van der Waals surface area contributed by atoms with Crippen molar-refractivity contribution in [2.45, 2.75) is 23.8 Å². The molecule has 0 aromatic heterocycles. The monoisotopic (exact) mass is 407 g/mol. The number of fused-ring (bicyclic) bond motifs is 1. The highest BCUT2D eigenvalue weighted by Crippen LogP contribution is 2.30. The molecule has 5 nitrogen and oxygen atoms in total. The number of aryl methyl sites for hydroxylation is 1. The maximum absolute atomic E-state index is 12.6. The Labute approximate surface area is 167 Å². The number of hydrogen-bond donors (Lipinski definition) is 1. The lowest BCUT2D eigenvalue weighted by atomic mass is 9.96. The summed E-state index contributed by atoms with van der Waals surface area (Å²) in [4.78, 5) is 4.53. The molecule has 1 heterocycles. The summed E-state index contributed by atoms with van der Waals surface area (Å²) in [7, 11) is 2.46. The third kappa shape index (κ3) is 4.63. The first-order chi connectivity index (χ1) is 12.8. The Bertz CT molecular complexity index is 898. The van der Waals surface area contributed by atoms with Crippen molar-refractivity contribution in [3.05, 3.63) is 58.6 Å². The van der Waals surface area contributed by atoms with Crippen molar-refractivity contribution >= 4 is 27.3 Å². The largest absolute Gasteiger partial charge is 0.374 e. The Morgan fingerprint density at radius 1 is 1.19 bits per heavy atom. The van der Waals surface area contributed by atoms with Crippen LogP contribution < -0.4 is 9.62 Å². The van der Waals surface area contributed by atoms with Gasteiger partial charge in [-0.1, -0.05) is 23.7 Å². The van der Waals surface area contributed by atoms with Crippen LogP contribution in [0.25, 0.3) is 0 Å². The molecule has 1 atom stereocenters. The van der Waals surface area contributed by atoms with Crippen LogP contribution in [0.5, 0.6) is 0 Å². The zero-order valence-corrected chi connectivity index (χ0v) is 17.5. The van der Waals surface area contributed by atoms with Gasteiger partial charge in [0.05, 0.1) is 4.90 Å². The molecule has 1 aliphatic rings. The van der Waals surface area contributed by atoms with E-state index in [1.807, 2.05) is 19.0 Å². The second-order valence-corrected chi connectivity index (χ2v) is 9.40. The van der Waals surface area contributed by atoms with E-state index >= 15 is 0 Å². The standard InChI is InChI=1S/C20H26ClN3O2S/c1-23(2)20(14-22-27(25,26)18-9-7-17(21)8-10-18)16-6-11-19-15(13-16)5-4-12-24(19)3/h6-11,13,20,22H,4-5,12,14H2,1-3H3/t20-/m1/s1. The van der Waals surface area contributed by atoms with Crippen LogP contribution in [-0.2, 0) is 16.4 Å². The Hall–Kier alpha value is -1.60. The molecule has 146 valence electrons. The summed E-state index contributed by atoms with van der Waals surface area (Å²) in [6.45, 7) is 1.37. The Kier molecular flexibility index (Phi) is 6.11. The number of anilines is 1. The summed E-state index contributed by atoms with van der Waals surface area (Å²) in [6.07, 6.45) is 2.20. The smallest absolute Gasteiger partial charge is 0.240 e. The van der Waals surface area contributed by atoms with Gasteiger partial charge in [0.25, 0.3) is 0 Å². The van der Waals surface area contributed by atoms with E-state index in [0.29, 0.717) is 11.6 Å². The van der Waals surface area contributed by atoms with E-state index in [1.54, 1.807) is 12.1 Å². The van der Waals surface area contributed by atoms with E-state index < -0.39 is 10.0 Å². The van der Waals surface area contributed by atoms with Gasteiger partial charge in [0, 0.05) is 36.9 Å². The first-order valence-corrected chi connectivity index (χ1v) is 10.9. The van der Waals surface area contributed by atoms with E-state index in [2.05, 4.69) is 34.9 Å². The van der Waals surface area contributed by atoms with Crippen molar-refractivity contribution in [2.75, 3.05) is 39.1 Å². The van der Waals surface area contributed by atoms with E-state index in [4.69, 9.17) is 11.6 Å². The first kappa shape index (κ1) is 20.1. The minimum atomic E-state index is -3.58. The Balaban J connectivity index is 1.79. The molecule has 0 saturated heterocycles. The second kappa shape index (κ2) is 8.19. The molecule has 1 aliphatic heterocycles. The van der Waals surface area contributed by atoms with Gasteiger partial charge >= 0.3 is 0 Å². The van der Waals surface area contributed by atoms with Crippen molar-refractivity contribution in [3.8, 4) is 0 Å². The highest BCUT2D eigenvalue weighted by molar-refractivity contribution is 7.89. The Morgan fingerprint density at radius 2 is 1.89 bits per heavy atom.